The van der Waals surface area contributed by atoms with Gasteiger partial charge in [-0.1, -0.05) is 32.0 Å². The Labute approximate surface area is 249 Å². The normalized spacial score (nSPS) is 18.2. The molecule has 1 aliphatic heterocycles. The van der Waals surface area contributed by atoms with Crippen molar-refractivity contribution in [2.75, 3.05) is 11.5 Å². The van der Waals surface area contributed by atoms with Crippen LogP contribution in [0.2, 0.25) is 0 Å². The number of carbonyl (C=O) groups excluding carboxylic acids is 2. The van der Waals surface area contributed by atoms with Gasteiger partial charge < -0.3 is 15.6 Å². The van der Waals surface area contributed by atoms with E-state index in [1.807, 2.05) is 48.0 Å². The number of anilines is 1. The van der Waals surface area contributed by atoms with E-state index >= 15 is 0 Å². The maximum atomic E-state index is 14.3. The molecule has 10 heteroatoms. The smallest absolute Gasteiger partial charge is 0.338 e. The fourth-order valence-electron chi connectivity index (χ4n) is 6.25. The summed E-state index contributed by atoms with van der Waals surface area (Å²) in [7, 11) is 0. The van der Waals surface area contributed by atoms with E-state index in [0.29, 0.717) is 46.9 Å². The first-order chi connectivity index (χ1) is 20.6. The first-order valence-corrected chi connectivity index (χ1v) is 14.3. The summed E-state index contributed by atoms with van der Waals surface area (Å²) in [4.78, 5) is 34.3. The van der Waals surface area contributed by atoms with Gasteiger partial charge in [-0.25, -0.2) is 14.5 Å². The number of allylic oxidation sites excluding steroid dienone is 2. The summed E-state index contributed by atoms with van der Waals surface area (Å²) < 4.78 is 9.24. The summed E-state index contributed by atoms with van der Waals surface area (Å²) in [5.74, 6) is -0.625. The standard InChI is InChI=1S/C33H34N6O4/c1-5-43-32(42)29-28(26-20(2)36-39(22-9-7-6-8-10-22)31(26)37-16-15-35-19-37)27-24(17-33(3,4)18-25(27)41)38(30(29)34)21-11-13-23(40)14-12-21/h6-16,19,28,40H,5,17-18,34H2,1-4H3. The number of nitrogens with two attached hydrogens (primary N) is 1. The molecule has 0 radical (unpaired) electrons. The molecule has 220 valence electrons. The van der Waals surface area contributed by atoms with Crippen molar-refractivity contribution in [3.05, 3.63) is 107 Å². The van der Waals surface area contributed by atoms with Crippen LogP contribution in [0.5, 0.6) is 5.75 Å². The van der Waals surface area contributed by atoms with Crippen LogP contribution in [0.3, 0.4) is 0 Å². The number of esters is 1. The minimum absolute atomic E-state index is 0.0715. The zero-order chi connectivity index (χ0) is 30.5. The Balaban J connectivity index is 1.70. The summed E-state index contributed by atoms with van der Waals surface area (Å²) in [5.41, 5.74) is 10.7. The number of imidazole rings is 1. The van der Waals surface area contributed by atoms with Gasteiger partial charge in [0.2, 0.25) is 0 Å². The number of rotatable bonds is 6. The van der Waals surface area contributed by atoms with Crippen molar-refractivity contribution in [1.29, 1.82) is 0 Å². The largest absolute Gasteiger partial charge is 0.508 e. The van der Waals surface area contributed by atoms with Gasteiger partial charge in [0.15, 0.2) is 5.78 Å². The lowest BCUT2D eigenvalue weighted by molar-refractivity contribution is -0.138. The van der Waals surface area contributed by atoms with Crippen molar-refractivity contribution >= 4 is 17.4 Å². The molecule has 2 aromatic carbocycles. The number of Topliss-reactive ketones (excluding diaryl/α,β-unsaturated/α-hetero) is 1. The number of benzene rings is 2. The molecule has 0 amide bonds. The molecule has 4 aromatic rings. The number of nitrogens with zero attached hydrogens (tertiary/aromatic N) is 5. The molecule has 0 saturated heterocycles. The number of aromatic nitrogens is 4. The highest BCUT2D eigenvalue weighted by atomic mass is 16.5. The lowest BCUT2D eigenvalue weighted by Gasteiger charge is -2.44. The van der Waals surface area contributed by atoms with Crippen LogP contribution in [0, 0.1) is 12.3 Å². The van der Waals surface area contributed by atoms with Gasteiger partial charge in [0.1, 0.15) is 23.7 Å². The Morgan fingerprint density at radius 3 is 2.47 bits per heavy atom. The Kier molecular flexibility index (Phi) is 6.92. The summed E-state index contributed by atoms with van der Waals surface area (Å²) in [6, 6.07) is 16.2. The van der Waals surface area contributed by atoms with E-state index in [1.165, 1.54) is 0 Å². The Hall–Kier alpha value is -5.12. The summed E-state index contributed by atoms with van der Waals surface area (Å²) in [6.45, 7) is 7.84. The third kappa shape index (κ3) is 4.78. The topological polar surface area (TPSA) is 128 Å². The first kappa shape index (κ1) is 28.0. The zero-order valence-corrected chi connectivity index (χ0v) is 24.6. The number of aromatic hydroxyl groups is 1. The van der Waals surface area contributed by atoms with Crippen molar-refractivity contribution in [3.63, 3.8) is 0 Å². The highest BCUT2D eigenvalue weighted by Crippen LogP contribution is 2.52. The third-order valence-electron chi connectivity index (χ3n) is 7.98. The molecular weight excluding hydrogens is 544 g/mol. The number of phenols is 1. The molecule has 43 heavy (non-hydrogen) atoms. The van der Waals surface area contributed by atoms with E-state index in [0.717, 1.165) is 5.69 Å². The fourth-order valence-corrected chi connectivity index (χ4v) is 6.25. The van der Waals surface area contributed by atoms with Gasteiger partial charge >= 0.3 is 5.97 Å². The number of carbonyl (C=O) groups is 2. The van der Waals surface area contributed by atoms with Crippen LogP contribution in [0.15, 0.2) is 96.0 Å². The molecule has 2 aromatic heterocycles. The fraction of sp³-hybridized carbons (Fsp3) is 0.273. The molecule has 0 bridgehead atoms. The van der Waals surface area contributed by atoms with E-state index in [-0.39, 0.29) is 34.9 Å². The van der Waals surface area contributed by atoms with E-state index in [9.17, 15) is 14.7 Å². The predicted molar refractivity (Wildman–Crippen MR) is 162 cm³/mol. The second-order valence-corrected chi connectivity index (χ2v) is 11.6. The average molecular weight is 579 g/mol. The molecule has 10 nitrogen and oxygen atoms in total. The number of para-hydroxylation sites is 1. The minimum Gasteiger partial charge on any atom is -0.508 e. The van der Waals surface area contributed by atoms with Gasteiger partial charge in [0.25, 0.3) is 0 Å². The lowest BCUT2D eigenvalue weighted by atomic mass is 9.68. The van der Waals surface area contributed by atoms with Crippen molar-refractivity contribution in [1.82, 2.24) is 19.3 Å². The monoisotopic (exact) mass is 578 g/mol. The lowest BCUT2D eigenvalue weighted by Crippen LogP contribution is -2.44. The Bertz CT molecular complexity index is 1770. The molecule has 1 aliphatic carbocycles. The number of aryl methyl sites for hydroxylation is 1. The van der Waals surface area contributed by atoms with Crippen molar-refractivity contribution < 1.29 is 19.4 Å². The van der Waals surface area contributed by atoms with E-state index in [1.54, 1.807) is 53.3 Å². The van der Waals surface area contributed by atoms with Gasteiger partial charge in [0.05, 0.1) is 29.5 Å². The van der Waals surface area contributed by atoms with Crippen molar-refractivity contribution in [3.8, 4) is 17.3 Å². The number of hydrogen-bond acceptors (Lipinski definition) is 8. The maximum absolute atomic E-state index is 14.3. The summed E-state index contributed by atoms with van der Waals surface area (Å²) in [6.07, 6.45) is 5.99. The SMILES string of the molecule is CCOC(=O)C1=C(N)N(c2ccc(O)cc2)C2=C(C(=O)CC(C)(C)C2)C1c1c(C)nn(-c2ccccc2)c1-n1ccnc1. The maximum Gasteiger partial charge on any atom is 0.338 e. The van der Waals surface area contributed by atoms with E-state index in [2.05, 4.69) is 18.8 Å². The van der Waals surface area contributed by atoms with Crippen LogP contribution in [0.4, 0.5) is 5.69 Å². The Morgan fingerprint density at radius 2 is 1.81 bits per heavy atom. The van der Waals surface area contributed by atoms with Crippen LogP contribution < -0.4 is 10.6 Å². The van der Waals surface area contributed by atoms with Crippen LogP contribution in [0.25, 0.3) is 11.5 Å². The van der Waals surface area contributed by atoms with Crippen LogP contribution >= 0.6 is 0 Å². The highest BCUT2D eigenvalue weighted by molar-refractivity contribution is 6.06. The van der Waals surface area contributed by atoms with Gasteiger partial charge in [-0.15, -0.1) is 0 Å². The van der Waals surface area contributed by atoms with Gasteiger partial charge in [0, 0.05) is 41.3 Å². The van der Waals surface area contributed by atoms with Gasteiger partial charge in [-0.2, -0.15) is 5.10 Å². The Morgan fingerprint density at radius 1 is 1.09 bits per heavy atom. The number of hydrogen-bond donors (Lipinski definition) is 2. The number of ether oxygens (including phenoxy) is 1. The molecule has 1 atom stereocenters. The quantitative estimate of drug-likeness (QED) is 0.304. The molecule has 6 rings (SSSR count). The first-order valence-electron chi connectivity index (χ1n) is 14.3. The van der Waals surface area contributed by atoms with Crippen LogP contribution in [0.1, 0.15) is 50.8 Å². The molecular formula is C33H34N6O4. The molecule has 3 heterocycles. The van der Waals surface area contributed by atoms with Crippen molar-refractivity contribution in [2.45, 2.75) is 46.5 Å². The zero-order valence-electron chi connectivity index (χ0n) is 24.6. The molecule has 1 unspecified atom stereocenters. The van der Waals surface area contributed by atoms with Crippen LogP contribution in [-0.2, 0) is 14.3 Å². The van der Waals surface area contributed by atoms with Gasteiger partial charge in [-0.3, -0.25) is 14.3 Å². The summed E-state index contributed by atoms with van der Waals surface area (Å²) in [5, 5.41) is 14.9. The van der Waals surface area contributed by atoms with E-state index in [4.69, 9.17) is 15.6 Å². The molecule has 0 spiro atoms. The number of ketones is 1. The van der Waals surface area contributed by atoms with Gasteiger partial charge in [-0.05, 0) is 62.1 Å². The average Bonchev–Trinajstić information content (AvgIpc) is 3.61. The molecule has 0 saturated carbocycles. The number of phenolic OH excluding ortho intramolecular Hbond substituents is 1. The second kappa shape index (κ2) is 10.6. The van der Waals surface area contributed by atoms with E-state index < -0.39 is 11.9 Å². The molecule has 3 N–H and O–H groups in total. The molecule has 0 fully saturated rings. The third-order valence-corrected chi connectivity index (χ3v) is 7.98. The predicted octanol–water partition coefficient (Wildman–Crippen LogP) is 5.05. The molecule has 2 aliphatic rings. The van der Waals surface area contributed by atoms with Crippen molar-refractivity contribution in [2.24, 2.45) is 11.1 Å². The van der Waals surface area contributed by atoms with Crippen LogP contribution in [-0.4, -0.2) is 42.8 Å². The minimum atomic E-state index is -0.846. The summed E-state index contributed by atoms with van der Waals surface area (Å²) >= 11 is 0. The second-order valence-electron chi connectivity index (χ2n) is 11.6. The highest BCUT2D eigenvalue weighted by Gasteiger charge is 2.48.